The molecule has 1 atom stereocenters. The van der Waals surface area contributed by atoms with Crippen LogP contribution in [0, 0.1) is 12.7 Å². The number of carbonyl (C=O) groups is 2. The van der Waals surface area contributed by atoms with Crippen LogP contribution >= 0.6 is 11.6 Å². The Morgan fingerprint density at radius 1 is 1.09 bits per heavy atom. The van der Waals surface area contributed by atoms with E-state index in [1.165, 1.54) is 25.4 Å². The monoisotopic (exact) mass is 644 g/mol. The van der Waals surface area contributed by atoms with Crippen LogP contribution in [-0.4, -0.2) is 69.7 Å². The number of aromatic nitrogens is 3. The molecule has 0 bridgehead atoms. The maximum absolute atomic E-state index is 15.6. The molecule has 1 N–H and O–H groups in total. The zero-order valence-corrected chi connectivity index (χ0v) is 26.8. The number of piperazine rings is 1. The summed E-state index contributed by atoms with van der Waals surface area (Å²) in [5, 5.41) is 6.81. The molecule has 1 saturated heterocycles. The van der Waals surface area contributed by atoms with E-state index in [1.54, 1.807) is 45.2 Å². The van der Waals surface area contributed by atoms with E-state index in [1.807, 2.05) is 11.0 Å². The van der Waals surface area contributed by atoms with Crippen LogP contribution in [0.25, 0.3) is 22.4 Å². The van der Waals surface area contributed by atoms with Crippen molar-refractivity contribution in [1.82, 2.24) is 24.6 Å². The van der Waals surface area contributed by atoms with Crippen molar-refractivity contribution in [2.24, 2.45) is 7.05 Å². The van der Waals surface area contributed by atoms with Crippen LogP contribution in [0.4, 0.5) is 10.1 Å². The second-order valence-electron chi connectivity index (χ2n) is 11.6. The molecular weight excluding hydrogens is 611 g/mol. The van der Waals surface area contributed by atoms with Gasteiger partial charge in [-0.15, -0.1) is 0 Å². The Balaban J connectivity index is 1.33. The first kappa shape index (κ1) is 31.4. The average molecular weight is 645 g/mol. The lowest BCUT2D eigenvalue weighted by molar-refractivity contribution is -0.130. The number of methoxy groups -OCH3 is 1. The number of aryl methyl sites for hydroxylation is 2. The fraction of sp³-hybridized carbons (Fsp3) is 0.324. The zero-order valence-electron chi connectivity index (χ0n) is 26.1. The highest BCUT2D eigenvalue weighted by atomic mass is 35.5. The molecule has 4 aromatic rings. The molecule has 1 aliphatic heterocycles. The molecule has 238 valence electrons. The second-order valence-corrected chi connectivity index (χ2v) is 12.0. The van der Waals surface area contributed by atoms with Gasteiger partial charge in [0.15, 0.2) is 0 Å². The Bertz CT molecular complexity index is 1920. The van der Waals surface area contributed by atoms with Crippen LogP contribution in [0.3, 0.4) is 0 Å². The molecule has 0 spiro atoms. The second kappa shape index (κ2) is 12.6. The number of rotatable bonds is 6. The number of hydrogen-bond acceptors (Lipinski definition) is 7. The summed E-state index contributed by atoms with van der Waals surface area (Å²) in [6, 6.07) is 11.6. The molecule has 2 aromatic heterocycles. The van der Waals surface area contributed by atoms with Crippen molar-refractivity contribution < 1.29 is 18.7 Å². The molecule has 1 aliphatic carbocycles. The molecule has 12 heteroatoms. The molecular formula is C34H34ClFN6O4. The number of halogens is 2. The third kappa shape index (κ3) is 5.65. The van der Waals surface area contributed by atoms with Crippen LogP contribution in [0.2, 0.25) is 5.02 Å². The van der Waals surface area contributed by atoms with E-state index in [-0.39, 0.29) is 28.1 Å². The van der Waals surface area contributed by atoms with Crippen molar-refractivity contribution in [3.63, 3.8) is 0 Å². The third-order valence-electron chi connectivity index (χ3n) is 8.99. The van der Waals surface area contributed by atoms with Crippen molar-refractivity contribution in [3.8, 4) is 28.3 Å². The van der Waals surface area contributed by atoms with Gasteiger partial charge in [-0.3, -0.25) is 19.3 Å². The lowest BCUT2D eigenvalue weighted by Gasteiger charge is -2.38. The Hall–Kier alpha value is -4.61. The lowest BCUT2D eigenvalue weighted by atomic mass is 9.95. The van der Waals surface area contributed by atoms with Crippen molar-refractivity contribution in [1.29, 1.82) is 0 Å². The minimum Gasteiger partial charge on any atom is -0.481 e. The summed E-state index contributed by atoms with van der Waals surface area (Å²) in [5.74, 6) is -0.526. The summed E-state index contributed by atoms with van der Waals surface area (Å²) in [6.07, 6.45) is 3.10. The predicted molar refractivity (Wildman–Crippen MR) is 174 cm³/mol. The maximum Gasteiger partial charge on any atom is 0.279 e. The van der Waals surface area contributed by atoms with Crippen molar-refractivity contribution >= 4 is 29.1 Å². The first-order chi connectivity index (χ1) is 22.1. The summed E-state index contributed by atoms with van der Waals surface area (Å²) >= 11 is 6.98. The molecule has 6 rings (SSSR count). The zero-order chi connectivity index (χ0) is 32.7. The summed E-state index contributed by atoms with van der Waals surface area (Å²) in [5.41, 5.74) is 4.32. The molecule has 10 nitrogen and oxygen atoms in total. The van der Waals surface area contributed by atoms with Gasteiger partial charge in [-0.1, -0.05) is 23.7 Å². The molecule has 0 saturated carbocycles. The van der Waals surface area contributed by atoms with Gasteiger partial charge in [0.2, 0.25) is 11.8 Å². The van der Waals surface area contributed by atoms with Gasteiger partial charge in [0.1, 0.15) is 11.4 Å². The normalized spacial score (nSPS) is 16.3. The molecule has 3 heterocycles. The van der Waals surface area contributed by atoms with Gasteiger partial charge in [-0.05, 0) is 66.8 Å². The fourth-order valence-electron chi connectivity index (χ4n) is 6.50. The molecule has 46 heavy (non-hydrogen) atoms. The first-order valence-electron chi connectivity index (χ1n) is 15.1. The minimum atomic E-state index is -0.600. The van der Waals surface area contributed by atoms with E-state index in [9.17, 15) is 14.4 Å². The quantitative estimate of drug-likeness (QED) is 0.314. The third-order valence-corrected chi connectivity index (χ3v) is 9.38. The van der Waals surface area contributed by atoms with Crippen molar-refractivity contribution in [3.05, 3.63) is 92.1 Å². The number of carbonyl (C=O) groups excluding carboxylic acids is 2. The number of fused-ring (bicyclic) bond motifs is 1. The average Bonchev–Trinajstić information content (AvgIpc) is 3.48. The van der Waals surface area contributed by atoms with Gasteiger partial charge in [-0.25, -0.2) is 14.1 Å². The number of hydrogen-bond donors (Lipinski definition) is 1. The van der Waals surface area contributed by atoms with E-state index in [0.717, 1.165) is 41.7 Å². The molecule has 1 fully saturated rings. The summed E-state index contributed by atoms with van der Waals surface area (Å²) in [4.78, 5) is 46.4. The number of benzene rings is 2. The maximum atomic E-state index is 15.6. The molecule has 2 aromatic carbocycles. The van der Waals surface area contributed by atoms with E-state index < -0.39 is 17.3 Å². The standard InChI is InChI=1S/C34H34ClFN6O4/c1-19-22(6-5-7-26(19)38-32(44)24-12-13-37-40(3)34(24)45)30-25(36)10-9-23(31(30)35)27-18-21-8-11-28(29(21)33(39-27)46-4)42-16-14-41(15-17-42)20(2)43/h5-7,9-10,12-13,18,28H,8,11,14-17H2,1-4H3,(H,38,44)/t28-/m0/s1. The molecule has 2 amide bonds. The summed E-state index contributed by atoms with van der Waals surface area (Å²) < 4.78 is 22.5. The highest BCUT2D eigenvalue weighted by molar-refractivity contribution is 6.36. The Morgan fingerprint density at radius 3 is 2.57 bits per heavy atom. The predicted octanol–water partition coefficient (Wildman–Crippen LogP) is 5.02. The van der Waals surface area contributed by atoms with Crippen LogP contribution in [0.15, 0.2) is 53.5 Å². The number of amides is 2. The van der Waals surface area contributed by atoms with Crippen molar-refractivity contribution in [2.45, 2.75) is 32.7 Å². The van der Waals surface area contributed by atoms with Crippen LogP contribution < -0.4 is 15.6 Å². The summed E-state index contributed by atoms with van der Waals surface area (Å²) in [7, 11) is 3.06. The number of ether oxygens (including phenoxy) is 1. The van der Waals surface area contributed by atoms with Crippen LogP contribution in [0.1, 0.15) is 46.4 Å². The molecule has 0 unspecified atom stereocenters. The largest absolute Gasteiger partial charge is 0.481 e. The Kier molecular flexibility index (Phi) is 8.63. The molecule has 2 aliphatic rings. The lowest BCUT2D eigenvalue weighted by Crippen LogP contribution is -2.48. The number of nitrogens with zero attached hydrogens (tertiary/aromatic N) is 5. The number of anilines is 1. The van der Waals surface area contributed by atoms with Gasteiger partial charge >= 0.3 is 0 Å². The van der Waals surface area contributed by atoms with Crippen LogP contribution in [-0.2, 0) is 18.3 Å². The Morgan fingerprint density at radius 2 is 1.85 bits per heavy atom. The minimum absolute atomic E-state index is 0.0642. The van der Waals surface area contributed by atoms with Gasteiger partial charge in [0.25, 0.3) is 11.5 Å². The van der Waals surface area contributed by atoms with E-state index >= 15 is 4.39 Å². The van der Waals surface area contributed by atoms with E-state index in [2.05, 4.69) is 15.3 Å². The van der Waals surface area contributed by atoms with Gasteiger partial charge in [0.05, 0.1) is 17.8 Å². The smallest absolute Gasteiger partial charge is 0.279 e. The molecule has 0 radical (unpaired) electrons. The van der Waals surface area contributed by atoms with E-state index in [0.29, 0.717) is 47.0 Å². The SMILES string of the molecule is COc1nc(-c2ccc(F)c(-c3cccc(NC(=O)c4ccnn(C)c4=O)c3C)c2Cl)cc2c1[C@@H](N1CCN(C(C)=O)CC1)CC2. The van der Waals surface area contributed by atoms with Crippen molar-refractivity contribution in [2.75, 3.05) is 38.6 Å². The fourth-order valence-corrected chi connectivity index (χ4v) is 6.85. The number of nitrogens with one attached hydrogen (secondary N) is 1. The van der Waals surface area contributed by atoms with E-state index in [4.69, 9.17) is 21.3 Å². The number of pyridine rings is 1. The highest BCUT2D eigenvalue weighted by Gasteiger charge is 2.35. The van der Waals surface area contributed by atoms with Crippen LogP contribution in [0.5, 0.6) is 5.88 Å². The summed E-state index contributed by atoms with van der Waals surface area (Å²) in [6.45, 7) is 6.29. The topological polar surface area (TPSA) is 110 Å². The van der Waals surface area contributed by atoms with Gasteiger partial charge in [0, 0.05) is 74.8 Å². The van der Waals surface area contributed by atoms with Gasteiger partial charge in [-0.2, -0.15) is 5.10 Å². The first-order valence-corrected chi connectivity index (χ1v) is 15.5. The Labute approximate surface area is 270 Å². The van der Waals surface area contributed by atoms with Gasteiger partial charge < -0.3 is 15.0 Å². The highest BCUT2D eigenvalue weighted by Crippen LogP contribution is 2.45.